The van der Waals surface area contributed by atoms with E-state index in [-0.39, 0.29) is 34.1 Å². The molecule has 0 fully saturated rings. The minimum Gasteiger partial charge on any atom is -0.493 e. The summed E-state index contributed by atoms with van der Waals surface area (Å²) < 4.78 is 32.9. The van der Waals surface area contributed by atoms with Gasteiger partial charge in [-0.15, -0.1) is 0 Å². The number of fused-ring (bicyclic) bond motifs is 1. The number of nitro groups is 1. The molecule has 2 heterocycles. The molecular weight excluding hydrogens is 424 g/mol. The van der Waals surface area contributed by atoms with Crippen LogP contribution in [-0.2, 0) is 9.84 Å². The van der Waals surface area contributed by atoms with Gasteiger partial charge in [-0.1, -0.05) is 18.2 Å². The fourth-order valence-electron chi connectivity index (χ4n) is 3.60. The van der Waals surface area contributed by atoms with Crippen LogP contribution < -0.4 is 10.3 Å². The molecule has 0 saturated heterocycles. The molecular formula is C21H18N2O7S. The fourth-order valence-corrected chi connectivity index (χ4v) is 4.92. The van der Waals surface area contributed by atoms with Gasteiger partial charge in [-0.2, -0.15) is 0 Å². The molecule has 10 heteroatoms. The van der Waals surface area contributed by atoms with Crippen molar-refractivity contribution in [1.29, 1.82) is 0 Å². The summed E-state index contributed by atoms with van der Waals surface area (Å²) >= 11 is 0. The standard InChI is InChI=1S/C21H18N2O7S/c24-18-10-11-30-19-8-7-16(31(28,29)15-4-2-1-3-5-15)12-17(19)21(18)22-13-14(23(26)27)6-9-20(22)25/h1-9,12-13,18,21,24H,10-11H2/t18-,21-/m0/s1. The van der Waals surface area contributed by atoms with Gasteiger partial charge in [-0.25, -0.2) is 8.42 Å². The van der Waals surface area contributed by atoms with Crippen LogP contribution in [0.1, 0.15) is 18.0 Å². The van der Waals surface area contributed by atoms with Gasteiger partial charge in [-0.05, 0) is 30.3 Å². The summed E-state index contributed by atoms with van der Waals surface area (Å²) in [6.07, 6.45) is 0.0643. The lowest BCUT2D eigenvalue weighted by molar-refractivity contribution is -0.385. The summed E-state index contributed by atoms with van der Waals surface area (Å²) in [4.78, 5) is 23.1. The summed E-state index contributed by atoms with van der Waals surface area (Å²) in [6, 6.07) is 13.1. The van der Waals surface area contributed by atoms with Gasteiger partial charge < -0.3 is 9.84 Å². The van der Waals surface area contributed by atoms with Gasteiger partial charge in [0.2, 0.25) is 9.84 Å². The minimum absolute atomic E-state index is 0.0429. The molecule has 4 rings (SSSR count). The summed E-state index contributed by atoms with van der Waals surface area (Å²) in [6.45, 7) is 0.138. The molecule has 2 atom stereocenters. The van der Waals surface area contributed by atoms with Crippen molar-refractivity contribution in [2.24, 2.45) is 0 Å². The van der Waals surface area contributed by atoms with Crippen molar-refractivity contribution >= 4 is 15.5 Å². The number of aliphatic hydroxyl groups excluding tert-OH is 1. The Balaban J connectivity index is 1.91. The van der Waals surface area contributed by atoms with E-state index in [4.69, 9.17) is 4.74 Å². The number of sulfone groups is 1. The quantitative estimate of drug-likeness (QED) is 0.485. The van der Waals surface area contributed by atoms with E-state index >= 15 is 0 Å². The monoisotopic (exact) mass is 442 g/mol. The third-order valence-corrected chi connectivity index (χ3v) is 6.90. The Morgan fingerprint density at radius 2 is 1.81 bits per heavy atom. The molecule has 1 aromatic heterocycles. The molecule has 3 aromatic rings. The van der Waals surface area contributed by atoms with E-state index in [2.05, 4.69) is 0 Å². The number of ether oxygens (including phenoxy) is 1. The first-order chi connectivity index (χ1) is 14.8. The lowest BCUT2D eigenvalue weighted by atomic mass is 9.99. The highest BCUT2D eigenvalue weighted by Gasteiger charge is 2.32. The molecule has 0 unspecified atom stereocenters. The maximum Gasteiger partial charge on any atom is 0.285 e. The second-order valence-electron chi connectivity index (χ2n) is 7.06. The molecule has 1 aliphatic rings. The summed E-state index contributed by atoms with van der Waals surface area (Å²) in [5.74, 6) is 0.298. The van der Waals surface area contributed by atoms with Gasteiger partial charge in [0, 0.05) is 24.1 Å². The fraction of sp³-hybridized carbons (Fsp3) is 0.190. The van der Waals surface area contributed by atoms with Crippen LogP contribution in [0.15, 0.2) is 81.4 Å². The SMILES string of the molecule is O=c1ccc([N+](=O)[O-])cn1[C@H]1c2cc(S(=O)(=O)c3ccccc3)ccc2OCC[C@@H]1O. The molecule has 31 heavy (non-hydrogen) atoms. The van der Waals surface area contributed by atoms with Crippen LogP contribution in [0.25, 0.3) is 0 Å². The van der Waals surface area contributed by atoms with Gasteiger partial charge >= 0.3 is 0 Å². The van der Waals surface area contributed by atoms with Crippen LogP contribution in [0, 0.1) is 10.1 Å². The van der Waals surface area contributed by atoms with Crippen LogP contribution in [0.2, 0.25) is 0 Å². The van der Waals surface area contributed by atoms with Gasteiger partial charge in [-0.3, -0.25) is 19.5 Å². The van der Waals surface area contributed by atoms with E-state index in [1.807, 2.05) is 0 Å². The minimum atomic E-state index is -3.87. The summed E-state index contributed by atoms with van der Waals surface area (Å²) in [7, 11) is -3.87. The topological polar surface area (TPSA) is 129 Å². The van der Waals surface area contributed by atoms with E-state index in [1.54, 1.807) is 18.2 Å². The predicted molar refractivity (Wildman–Crippen MR) is 110 cm³/mol. The van der Waals surface area contributed by atoms with Crippen molar-refractivity contribution in [3.8, 4) is 5.75 Å². The van der Waals surface area contributed by atoms with E-state index < -0.39 is 32.5 Å². The molecule has 9 nitrogen and oxygen atoms in total. The van der Waals surface area contributed by atoms with Crippen molar-refractivity contribution in [3.63, 3.8) is 0 Å². The number of nitrogens with zero attached hydrogens (tertiary/aromatic N) is 2. The number of hydrogen-bond donors (Lipinski definition) is 1. The Bertz CT molecular complexity index is 1300. The number of aliphatic hydroxyl groups is 1. The van der Waals surface area contributed by atoms with Crippen molar-refractivity contribution in [2.75, 3.05) is 6.61 Å². The zero-order valence-corrected chi connectivity index (χ0v) is 16.9. The van der Waals surface area contributed by atoms with E-state index in [0.717, 1.165) is 22.9 Å². The number of benzene rings is 2. The highest BCUT2D eigenvalue weighted by Crippen LogP contribution is 2.37. The molecule has 0 saturated carbocycles. The Morgan fingerprint density at radius 3 is 2.52 bits per heavy atom. The van der Waals surface area contributed by atoms with Crippen LogP contribution in [0.5, 0.6) is 5.75 Å². The second kappa shape index (κ2) is 7.97. The van der Waals surface area contributed by atoms with E-state index in [0.29, 0.717) is 5.75 Å². The van der Waals surface area contributed by atoms with E-state index in [1.165, 1.54) is 30.3 Å². The van der Waals surface area contributed by atoms with Gasteiger partial charge in [0.05, 0.1) is 39.7 Å². The van der Waals surface area contributed by atoms with Crippen LogP contribution in [0.4, 0.5) is 5.69 Å². The lowest BCUT2D eigenvalue weighted by Crippen LogP contribution is -2.32. The van der Waals surface area contributed by atoms with Crippen LogP contribution in [-0.4, -0.2) is 35.7 Å². The van der Waals surface area contributed by atoms with Crippen molar-refractivity contribution in [2.45, 2.75) is 28.4 Å². The second-order valence-corrected chi connectivity index (χ2v) is 9.01. The Hall–Kier alpha value is -3.50. The smallest absolute Gasteiger partial charge is 0.285 e. The average molecular weight is 442 g/mol. The normalized spacial score (nSPS) is 18.5. The third kappa shape index (κ3) is 3.82. The molecule has 0 amide bonds. The first-order valence-electron chi connectivity index (χ1n) is 9.40. The van der Waals surface area contributed by atoms with Gasteiger partial charge in [0.15, 0.2) is 0 Å². The van der Waals surface area contributed by atoms with Gasteiger partial charge in [0.1, 0.15) is 5.75 Å². The highest BCUT2D eigenvalue weighted by atomic mass is 32.2. The Kier molecular flexibility index (Phi) is 5.34. The lowest BCUT2D eigenvalue weighted by Gasteiger charge is -2.24. The predicted octanol–water partition coefficient (Wildman–Crippen LogP) is 2.32. The molecule has 2 aromatic carbocycles. The van der Waals surface area contributed by atoms with Crippen molar-refractivity contribution in [1.82, 2.24) is 4.57 Å². The maximum atomic E-state index is 13.1. The molecule has 0 radical (unpaired) electrons. The summed E-state index contributed by atoms with van der Waals surface area (Å²) in [5, 5.41) is 22.0. The number of pyridine rings is 1. The number of hydrogen-bond acceptors (Lipinski definition) is 7. The molecule has 0 aliphatic carbocycles. The highest BCUT2D eigenvalue weighted by molar-refractivity contribution is 7.91. The Labute approximate surface area is 177 Å². The Morgan fingerprint density at radius 1 is 1.06 bits per heavy atom. The maximum absolute atomic E-state index is 13.1. The number of aromatic nitrogens is 1. The van der Waals surface area contributed by atoms with Crippen LogP contribution in [0.3, 0.4) is 0 Å². The van der Waals surface area contributed by atoms with Crippen molar-refractivity contribution in [3.05, 3.63) is 92.9 Å². The zero-order chi connectivity index (χ0) is 22.2. The van der Waals surface area contributed by atoms with Gasteiger partial charge in [0.25, 0.3) is 11.2 Å². The first-order valence-corrected chi connectivity index (χ1v) is 10.9. The average Bonchev–Trinajstić information content (AvgIpc) is 2.92. The molecule has 1 aliphatic heterocycles. The van der Waals surface area contributed by atoms with Crippen LogP contribution >= 0.6 is 0 Å². The molecule has 160 valence electrons. The third-order valence-electron chi connectivity index (χ3n) is 5.13. The largest absolute Gasteiger partial charge is 0.493 e. The molecule has 1 N–H and O–H groups in total. The molecule has 0 spiro atoms. The van der Waals surface area contributed by atoms with E-state index in [9.17, 15) is 28.4 Å². The first kappa shape index (κ1) is 20.8. The number of rotatable bonds is 4. The summed E-state index contributed by atoms with van der Waals surface area (Å²) in [5.41, 5.74) is -0.644. The van der Waals surface area contributed by atoms with Crippen molar-refractivity contribution < 1.29 is 23.2 Å². The zero-order valence-electron chi connectivity index (χ0n) is 16.1. The molecule has 0 bridgehead atoms.